The van der Waals surface area contributed by atoms with Gasteiger partial charge in [-0.05, 0) is 89.5 Å². The lowest BCUT2D eigenvalue weighted by molar-refractivity contribution is -0.176. The summed E-state index contributed by atoms with van der Waals surface area (Å²) in [6.45, 7) is 10.6. The van der Waals surface area contributed by atoms with Gasteiger partial charge in [-0.25, -0.2) is 19.2 Å². The molecule has 0 saturated carbocycles. The van der Waals surface area contributed by atoms with Gasteiger partial charge >= 0.3 is 24.1 Å². The molecule has 4 aromatic rings. The van der Waals surface area contributed by atoms with Gasteiger partial charge in [-0.3, -0.25) is 0 Å². The second-order valence-electron chi connectivity index (χ2n) is 17.1. The molecular weight excluding hydrogens is 793 g/mol. The predicted molar refractivity (Wildman–Crippen MR) is 239 cm³/mol. The number of amides is 2. The molecule has 0 bridgehead atoms. The number of hydrogen-bond donors (Lipinski definition) is 4. The third-order valence-electron chi connectivity index (χ3n) is 9.39. The van der Waals surface area contributed by atoms with Crippen molar-refractivity contribution in [2.45, 2.75) is 128 Å². The standard InChI is InChI=1S/C48H62N4O8.2H2O/c1-47(2,3)59-45(55)51-37(27-33-19-11-7-12-20-33)31-41(39(49)29-35-23-15-9-16-24-35)57-43(53)44(54)58-42(40(50)30-36-25-17-10-18-26-36)32-38(28-34-21-13-8-14-22-34)52-46(56)60-48(4,5)6;;/h7-26,37-42H,27-32,49-50H2,1-6H3,(H,51,55)(H,52,56);2*1H2. The van der Waals surface area contributed by atoms with Gasteiger partial charge in [0.2, 0.25) is 0 Å². The predicted octanol–water partition coefficient (Wildman–Crippen LogP) is 5.35. The number of carbonyl (C=O) groups excluding carboxylic acids is 4. The summed E-state index contributed by atoms with van der Waals surface area (Å²) in [4.78, 5) is 54.0. The lowest BCUT2D eigenvalue weighted by Gasteiger charge is -2.31. The van der Waals surface area contributed by atoms with Crippen LogP contribution in [-0.4, -0.2) is 82.7 Å². The highest BCUT2D eigenvalue weighted by Gasteiger charge is 2.35. The number of rotatable bonds is 18. The molecule has 6 atom stereocenters. The van der Waals surface area contributed by atoms with Crippen molar-refractivity contribution in [3.8, 4) is 0 Å². The van der Waals surface area contributed by atoms with Crippen LogP contribution >= 0.6 is 0 Å². The highest BCUT2D eigenvalue weighted by Crippen LogP contribution is 2.20. The Hall–Kier alpha value is -5.80. The second-order valence-corrected chi connectivity index (χ2v) is 17.1. The Bertz CT molecular complexity index is 1780. The molecule has 62 heavy (non-hydrogen) atoms. The zero-order valence-electron chi connectivity index (χ0n) is 36.7. The first-order valence-electron chi connectivity index (χ1n) is 20.5. The van der Waals surface area contributed by atoms with Crippen molar-refractivity contribution in [1.29, 1.82) is 0 Å². The topological polar surface area (TPSA) is 244 Å². The number of esters is 2. The van der Waals surface area contributed by atoms with Gasteiger partial charge in [0.15, 0.2) is 0 Å². The summed E-state index contributed by atoms with van der Waals surface area (Å²) in [5, 5.41) is 5.86. The van der Waals surface area contributed by atoms with Crippen LogP contribution in [0.5, 0.6) is 0 Å². The molecular formula is C48H66N4O10. The number of benzene rings is 4. The summed E-state index contributed by atoms with van der Waals surface area (Å²) < 4.78 is 23.1. The minimum absolute atomic E-state index is 0. The SMILES string of the molecule is CC(C)(C)OC(=O)NC(Cc1ccccc1)CC(OC(=O)C(=O)OC(CC(Cc1ccccc1)NC(=O)OC(C)(C)C)C(N)Cc1ccccc1)C(N)Cc1ccccc1.O.O. The number of ether oxygens (including phenoxy) is 4. The van der Waals surface area contributed by atoms with E-state index in [0.29, 0.717) is 25.7 Å². The van der Waals surface area contributed by atoms with Gasteiger partial charge in [0, 0.05) is 37.0 Å². The van der Waals surface area contributed by atoms with Crippen LogP contribution in [0.4, 0.5) is 9.59 Å². The third-order valence-corrected chi connectivity index (χ3v) is 9.39. The van der Waals surface area contributed by atoms with Gasteiger partial charge in [0.25, 0.3) is 0 Å². The molecule has 0 aromatic heterocycles. The minimum atomic E-state index is -1.27. The molecule has 338 valence electrons. The van der Waals surface area contributed by atoms with Crippen LogP contribution in [0.15, 0.2) is 121 Å². The van der Waals surface area contributed by atoms with Crippen molar-refractivity contribution in [1.82, 2.24) is 10.6 Å². The van der Waals surface area contributed by atoms with Gasteiger partial charge < -0.3 is 52.0 Å². The van der Waals surface area contributed by atoms with Crippen LogP contribution in [0, 0.1) is 0 Å². The normalized spacial score (nSPS) is 14.1. The average molecular weight is 859 g/mol. The van der Waals surface area contributed by atoms with Crippen LogP contribution in [0.25, 0.3) is 0 Å². The van der Waals surface area contributed by atoms with Crippen molar-refractivity contribution in [2.75, 3.05) is 0 Å². The summed E-state index contributed by atoms with van der Waals surface area (Å²) >= 11 is 0. The quantitative estimate of drug-likeness (QED) is 0.0568. The molecule has 0 aliphatic heterocycles. The Morgan fingerprint density at radius 3 is 0.984 bits per heavy atom. The summed E-state index contributed by atoms with van der Waals surface area (Å²) in [7, 11) is 0. The fraction of sp³-hybridized carbons (Fsp3) is 0.417. The summed E-state index contributed by atoms with van der Waals surface area (Å²) in [5.74, 6) is -2.54. The fourth-order valence-electron chi connectivity index (χ4n) is 6.72. The van der Waals surface area contributed by atoms with Gasteiger partial charge in [0.05, 0.1) is 0 Å². The molecule has 14 heteroatoms. The summed E-state index contributed by atoms with van der Waals surface area (Å²) in [5.41, 5.74) is 15.7. The van der Waals surface area contributed by atoms with E-state index in [1.807, 2.05) is 121 Å². The fourth-order valence-corrected chi connectivity index (χ4v) is 6.72. The Morgan fingerprint density at radius 2 is 0.726 bits per heavy atom. The number of nitrogens with two attached hydrogens (primary N) is 2. The second kappa shape index (κ2) is 25.2. The van der Waals surface area contributed by atoms with Gasteiger partial charge in [-0.1, -0.05) is 121 Å². The Kier molecular flexibility index (Phi) is 21.3. The highest BCUT2D eigenvalue weighted by molar-refractivity contribution is 6.29. The molecule has 0 saturated heterocycles. The first-order valence-corrected chi connectivity index (χ1v) is 20.5. The van der Waals surface area contributed by atoms with E-state index in [1.165, 1.54) is 0 Å². The third kappa shape index (κ3) is 19.7. The molecule has 4 aromatic carbocycles. The van der Waals surface area contributed by atoms with Crippen molar-refractivity contribution in [2.24, 2.45) is 11.5 Å². The molecule has 0 aliphatic rings. The van der Waals surface area contributed by atoms with E-state index >= 15 is 0 Å². The van der Waals surface area contributed by atoms with E-state index in [2.05, 4.69) is 10.6 Å². The smallest absolute Gasteiger partial charge is 0.417 e. The highest BCUT2D eigenvalue weighted by atomic mass is 16.6. The molecule has 14 nitrogen and oxygen atoms in total. The van der Waals surface area contributed by atoms with Gasteiger partial charge in [0.1, 0.15) is 23.4 Å². The Balaban J connectivity index is 0.00000661. The summed E-state index contributed by atoms with van der Waals surface area (Å²) in [6, 6.07) is 35.2. The van der Waals surface area contributed by atoms with Crippen LogP contribution in [0.2, 0.25) is 0 Å². The number of hydrogen-bond acceptors (Lipinski definition) is 10. The largest absolute Gasteiger partial charge is 0.452 e. The first-order chi connectivity index (χ1) is 28.4. The lowest BCUT2D eigenvalue weighted by Crippen LogP contribution is -2.49. The zero-order valence-corrected chi connectivity index (χ0v) is 36.7. The van der Waals surface area contributed by atoms with Crippen molar-refractivity contribution < 1.29 is 49.1 Å². The number of alkyl carbamates (subject to hydrolysis) is 2. The Morgan fingerprint density at radius 1 is 0.468 bits per heavy atom. The number of nitrogens with one attached hydrogen (secondary N) is 2. The maximum Gasteiger partial charge on any atom is 0.417 e. The van der Waals surface area contributed by atoms with E-state index in [4.69, 9.17) is 30.4 Å². The van der Waals surface area contributed by atoms with Crippen LogP contribution in [0.3, 0.4) is 0 Å². The van der Waals surface area contributed by atoms with Gasteiger partial charge in [-0.2, -0.15) is 0 Å². The molecule has 4 rings (SSSR count). The molecule has 10 N–H and O–H groups in total. The monoisotopic (exact) mass is 858 g/mol. The minimum Gasteiger partial charge on any atom is -0.452 e. The summed E-state index contributed by atoms with van der Waals surface area (Å²) in [6.07, 6.45) is -1.96. The van der Waals surface area contributed by atoms with Crippen molar-refractivity contribution in [3.63, 3.8) is 0 Å². The van der Waals surface area contributed by atoms with Gasteiger partial charge in [-0.15, -0.1) is 0 Å². The van der Waals surface area contributed by atoms with Crippen LogP contribution in [-0.2, 0) is 54.2 Å². The maximum absolute atomic E-state index is 13.9. The van der Waals surface area contributed by atoms with Crippen LogP contribution < -0.4 is 22.1 Å². The van der Waals surface area contributed by atoms with E-state index in [0.717, 1.165) is 22.3 Å². The molecule has 0 fully saturated rings. The van der Waals surface area contributed by atoms with E-state index in [-0.39, 0.29) is 23.8 Å². The zero-order chi connectivity index (χ0) is 43.7. The first kappa shape index (κ1) is 52.3. The molecule has 0 spiro atoms. The molecule has 0 aliphatic carbocycles. The number of carbonyl (C=O) groups is 4. The van der Waals surface area contributed by atoms with E-state index < -0.39 is 71.7 Å². The van der Waals surface area contributed by atoms with E-state index in [1.54, 1.807) is 41.5 Å². The average Bonchev–Trinajstić information content (AvgIpc) is 3.17. The van der Waals surface area contributed by atoms with Crippen LogP contribution in [0.1, 0.15) is 76.6 Å². The lowest BCUT2D eigenvalue weighted by atomic mass is 9.94. The van der Waals surface area contributed by atoms with Crippen molar-refractivity contribution >= 4 is 24.1 Å². The van der Waals surface area contributed by atoms with E-state index in [9.17, 15) is 19.2 Å². The maximum atomic E-state index is 13.9. The molecule has 0 heterocycles. The molecule has 2 amide bonds. The molecule has 6 unspecified atom stereocenters. The Labute approximate surface area is 365 Å². The molecule has 0 radical (unpaired) electrons. The van der Waals surface area contributed by atoms with Crippen molar-refractivity contribution in [3.05, 3.63) is 144 Å².